The first-order valence-corrected chi connectivity index (χ1v) is 6.89. The Morgan fingerprint density at radius 1 is 1.26 bits per heavy atom. The summed E-state index contributed by atoms with van der Waals surface area (Å²) in [6, 6.07) is 5.74. The monoisotopic (exact) mass is 327 g/mol. The smallest absolute Gasteiger partial charge is 0.416 e. The molecule has 0 radical (unpaired) electrons. The van der Waals surface area contributed by atoms with Crippen molar-refractivity contribution in [1.82, 2.24) is 5.32 Å². The zero-order valence-corrected chi connectivity index (χ0v) is 12.6. The second-order valence-corrected chi connectivity index (χ2v) is 5.17. The van der Waals surface area contributed by atoms with Crippen LogP contribution in [0.4, 0.5) is 13.2 Å². The number of aliphatic hydroxyl groups is 1. The van der Waals surface area contributed by atoms with Crippen LogP contribution in [-0.4, -0.2) is 17.6 Å². The van der Waals surface area contributed by atoms with E-state index in [0.29, 0.717) is 22.6 Å². The number of carbonyl (C=O) groups excluding carboxylic acids is 1. The van der Waals surface area contributed by atoms with E-state index in [1.54, 1.807) is 19.9 Å². The predicted octanol–water partition coefficient (Wildman–Crippen LogP) is 3.38. The molecular formula is C16H16F3NO3. The predicted molar refractivity (Wildman–Crippen MR) is 76.9 cm³/mol. The van der Waals surface area contributed by atoms with Crippen LogP contribution in [0.2, 0.25) is 0 Å². The van der Waals surface area contributed by atoms with Gasteiger partial charge in [-0.3, -0.25) is 4.79 Å². The largest absolute Gasteiger partial charge is 0.466 e. The highest BCUT2D eigenvalue weighted by Gasteiger charge is 2.30. The number of aliphatic hydroxyl groups excluding tert-OH is 1. The summed E-state index contributed by atoms with van der Waals surface area (Å²) in [5.74, 6) is 0.644. The van der Waals surface area contributed by atoms with Gasteiger partial charge in [-0.1, -0.05) is 12.1 Å². The van der Waals surface area contributed by atoms with Crippen molar-refractivity contribution in [1.29, 1.82) is 0 Å². The first kappa shape index (κ1) is 17.1. The number of rotatable bonds is 4. The molecule has 2 N–H and O–H groups in total. The highest BCUT2D eigenvalue weighted by Crippen LogP contribution is 2.29. The number of aryl methyl sites for hydroxylation is 2. The lowest BCUT2D eigenvalue weighted by Crippen LogP contribution is -2.28. The van der Waals surface area contributed by atoms with E-state index in [0.717, 1.165) is 12.1 Å². The lowest BCUT2D eigenvalue weighted by molar-refractivity contribution is -0.137. The molecule has 1 aromatic carbocycles. The van der Waals surface area contributed by atoms with Gasteiger partial charge in [-0.2, -0.15) is 13.2 Å². The van der Waals surface area contributed by atoms with Crippen molar-refractivity contribution in [3.63, 3.8) is 0 Å². The molecule has 0 saturated carbocycles. The third-order valence-corrected chi connectivity index (χ3v) is 3.36. The van der Waals surface area contributed by atoms with Crippen LogP contribution >= 0.6 is 0 Å². The zero-order chi connectivity index (χ0) is 17.2. The highest BCUT2D eigenvalue weighted by molar-refractivity contribution is 5.95. The van der Waals surface area contributed by atoms with Crippen LogP contribution in [0.5, 0.6) is 0 Å². The second-order valence-electron chi connectivity index (χ2n) is 5.17. The standard InChI is InChI=1S/C16H16F3NO3/c1-9-7-13(10(2)23-9)15(22)20-8-14(21)11-3-5-12(6-4-11)16(17,18)19/h3-7,14,21H,8H2,1-2H3,(H,20,22). The van der Waals surface area contributed by atoms with Crippen LogP contribution < -0.4 is 5.32 Å². The molecule has 2 rings (SSSR count). The van der Waals surface area contributed by atoms with Gasteiger partial charge in [0.2, 0.25) is 0 Å². The Hall–Kier alpha value is -2.28. The first-order valence-electron chi connectivity index (χ1n) is 6.89. The van der Waals surface area contributed by atoms with Crippen molar-refractivity contribution < 1.29 is 27.5 Å². The number of benzene rings is 1. The summed E-state index contributed by atoms with van der Waals surface area (Å²) >= 11 is 0. The second kappa shape index (κ2) is 6.45. The van der Waals surface area contributed by atoms with Crippen LogP contribution in [0.25, 0.3) is 0 Å². The van der Waals surface area contributed by atoms with Crippen molar-refractivity contribution in [2.45, 2.75) is 26.1 Å². The molecule has 124 valence electrons. The maximum Gasteiger partial charge on any atom is 0.416 e. The van der Waals surface area contributed by atoms with Gasteiger partial charge in [-0.25, -0.2) is 0 Å². The summed E-state index contributed by atoms with van der Waals surface area (Å²) in [7, 11) is 0. The molecule has 1 amide bonds. The number of hydrogen-bond acceptors (Lipinski definition) is 3. The Balaban J connectivity index is 1.98. The minimum absolute atomic E-state index is 0.117. The van der Waals surface area contributed by atoms with Crippen molar-refractivity contribution in [3.8, 4) is 0 Å². The topological polar surface area (TPSA) is 62.5 Å². The van der Waals surface area contributed by atoms with Gasteiger partial charge in [0.25, 0.3) is 5.91 Å². The molecule has 4 nitrogen and oxygen atoms in total. The SMILES string of the molecule is Cc1cc(C(=O)NCC(O)c2ccc(C(F)(F)F)cc2)c(C)o1. The van der Waals surface area contributed by atoms with Crippen LogP contribution in [0.15, 0.2) is 34.7 Å². The fraction of sp³-hybridized carbons (Fsp3) is 0.312. The van der Waals surface area contributed by atoms with Crippen molar-refractivity contribution in [3.05, 3.63) is 58.5 Å². The van der Waals surface area contributed by atoms with Gasteiger partial charge in [0, 0.05) is 6.54 Å². The summed E-state index contributed by atoms with van der Waals surface area (Å²) in [5.41, 5.74) is -0.137. The number of hydrogen-bond donors (Lipinski definition) is 2. The number of carbonyl (C=O) groups is 1. The van der Waals surface area contributed by atoms with Gasteiger partial charge in [0.1, 0.15) is 11.5 Å². The normalized spacial score (nSPS) is 13.0. The summed E-state index contributed by atoms with van der Waals surface area (Å²) in [6.07, 6.45) is -5.52. The molecule has 0 bridgehead atoms. The van der Waals surface area contributed by atoms with Crippen molar-refractivity contribution >= 4 is 5.91 Å². The molecule has 1 unspecified atom stereocenters. The molecule has 1 aromatic heterocycles. The van der Waals surface area contributed by atoms with Gasteiger partial charge in [0.15, 0.2) is 0 Å². The summed E-state index contributed by atoms with van der Waals surface area (Å²) in [6.45, 7) is 3.24. The van der Waals surface area contributed by atoms with E-state index in [9.17, 15) is 23.1 Å². The fourth-order valence-corrected chi connectivity index (χ4v) is 2.15. The molecule has 0 aliphatic carbocycles. The van der Waals surface area contributed by atoms with Gasteiger partial charge < -0.3 is 14.8 Å². The minimum atomic E-state index is -4.42. The average Bonchev–Trinajstić information content (AvgIpc) is 2.82. The molecule has 0 fully saturated rings. The Kier molecular flexibility index (Phi) is 4.79. The third-order valence-electron chi connectivity index (χ3n) is 3.36. The number of furan rings is 1. The van der Waals surface area contributed by atoms with Crippen LogP contribution in [-0.2, 0) is 6.18 Å². The Labute approximate surface area is 130 Å². The Morgan fingerprint density at radius 3 is 2.35 bits per heavy atom. The van der Waals surface area contributed by atoms with Crippen molar-refractivity contribution in [2.75, 3.05) is 6.54 Å². The van der Waals surface area contributed by atoms with E-state index in [2.05, 4.69) is 5.32 Å². The van der Waals surface area contributed by atoms with Gasteiger partial charge >= 0.3 is 6.18 Å². The van der Waals surface area contributed by atoms with E-state index in [1.807, 2.05) is 0 Å². The lowest BCUT2D eigenvalue weighted by atomic mass is 10.1. The van der Waals surface area contributed by atoms with Gasteiger partial charge in [-0.15, -0.1) is 0 Å². The van der Waals surface area contributed by atoms with E-state index in [1.165, 1.54) is 12.1 Å². The maximum absolute atomic E-state index is 12.5. The van der Waals surface area contributed by atoms with Crippen LogP contribution in [0.3, 0.4) is 0 Å². The highest BCUT2D eigenvalue weighted by atomic mass is 19.4. The number of amides is 1. The summed E-state index contributed by atoms with van der Waals surface area (Å²) < 4.78 is 42.7. The fourth-order valence-electron chi connectivity index (χ4n) is 2.15. The molecule has 2 aromatic rings. The Bertz CT molecular complexity index is 690. The lowest BCUT2D eigenvalue weighted by Gasteiger charge is -2.13. The molecule has 0 saturated heterocycles. The summed E-state index contributed by atoms with van der Waals surface area (Å²) in [4.78, 5) is 12.0. The summed E-state index contributed by atoms with van der Waals surface area (Å²) in [5, 5.41) is 12.5. The van der Waals surface area contributed by atoms with E-state index in [4.69, 9.17) is 4.42 Å². The molecule has 1 atom stereocenters. The molecule has 23 heavy (non-hydrogen) atoms. The van der Waals surface area contributed by atoms with Crippen LogP contribution in [0, 0.1) is 13.8 Å². The first-order chi connectivity index (χ1) is 10.7. The van der Waals surface area contributed by atoms with Crippen molar-refractivity contribution in [2.24, 2.45) is 0 Å². The van der Waals surface area contributed by atoms with Crippen LogP contribution in [0.1, 0.15) is 39.1 Å². The van der Waals surface area contributed by atoms with Gasteiger partial charge in [0.05, 0.1) is 17.2 Å². The number of halogens is 3. The Morgan fingerprint density at radius 2 is 1.87 bits per heavy atom. The van der Waals surface area contributed by atoms with E-state index >= 15 is 0 Å². The third kappa shape index (κ3) is 4.13. The number of nitrogens with one attached hydrogen (secondary N) is 1. The molecule has 0 spiro atoms. The van der Waals surface area contributed by atoms with E-state index in [-0.39, 0.29) is 6.54 Å². The number of alkyl halides is 3. The molecule has 0 aliphatic rings. The molecule has 1 heterocycles. The quantitative estimate of drug-likeness (QED) is 0.905. The average molecular weight is 327 g/mol. The minimum Gasteiger partial charge on any atom is -0.466 e. The van der Waals surface area contributed by atoms with E-state index < -0.39 is 23.8 Å². The van der Waals surface area contributed by atoms with Gasteiger partial charge in [-0.05, 0) is 37.6 Å². The molecule has 7 heteroatoms. The zero-order valence-electron chi connectivity index (χ0n) is 12.6. The maximum atomic E-state index is 12.5. The molecular weight excluding hydrogens is 311 g/mol. The molecule has 0 aliphatic heterocycles.